The lowest BCUT2D eigenvalue weighted by Gasteiger charge is -2.06. The van der Waals surface area contributed by atoms with Crippen LogP contribution in [0, 0.1) is 13.8 Å². The van der Waals surface area contributed by atoms with Crippen LogP contribution < -0.4 is 5.32 Å². The molecule has 0 fully saturated rings. The zero-order chi connectivity index (χ0) is 17.4. The van der Waals surface area contributed by atoms with Crippen LogP contribution in [0.2, 0.25) is 0 Å². The molecule has 5 heteroatoms. The van der Waals surface area contributed by atoms with E-state index in [1.807, 2.05) is 60.0 Å². The summed E-state index contributed by atoms with van der Waals surface area (Å²) in [5.74, 6) is 1.15. The highest BCUT2D eigenvalue weighted by molar-refractivity contribution is 6.05. The zero-order valence-corrected chi connectivity index (χ0v) is 14.0. The molecule has 1 amide bonds. The number of amides is 1. The molecular formula is C20H17N3O2. The first kappa shape index (κ1) is 15.2. The summed E-state index contributed by atoms with van der Waals surface area (Å²) >= 11 is 0. The Kier molecular flexibility index (Phi) is 3.61. The number of nitrogens with one attached hydrogen (secondary N) is 1. The Bertz CT molecular complexity index is 1060. The smallest absolute Gasteiger partial charge is 0.259 e. The molecule has 5 nitrogen and oxygen atoms in total. The van der Waals surface area contributed by atoms with Gasteiger partial charge in [-0.1, -0.05) is 18.2 Å². The first-order valence-electron chi connectivity index (χ1n) is 8.03. The highest BCUT2D eigenvalue weighted by Gasteiger charge is 2.14. The van der Waals surface area contributed by atoms with Crippen molar-refractivity contribution in [2.24, 2.45) is 0 Å². The first-order valence-corrected chi connectivity index (χ1v) is 8.03. The van der Waals surface area contributed by atoms with E-state index in [1.165, 1.54) is 0 Å². The minimum atomic E-state index is -0.184. The molecule has 1 N–H and O–H groups in total. The maximum atomic E-state index is 12.4. The largest absolute Gasteiger partial charge is 0.466 e. The second kappa shape index (κ2) is 5.94. The van der Waals surface area contributed by atoms with E-state index in [-0.39, 0.29) is 5.91 Å². The van der Waals surface area contributed by atoms with Gasteiger partial charge in [0, 0.05) is 11.4 Å². The van der Waals surface area contributed by atoms with Gasteiger partial charge in [0.15, 0.2) is 0 Å². The quantitative estimate of drug-likeness (QED) is 0.602. The van der Waals surface area contributed by atoms with Crippen molar-refractivity contribution >= 4 is 22.6 Å². The van der Waals surface area contributed by atoms with Crippen molar-refractivity contribution in [1.29, 1.82) is 0 Å². The summed E-state index contributed by atoms with van der Waals surface area (Å²) in [6, 6.07) is 17.5. The van der Waals surface area contributed by atoms with E-state index in [9.17, 15) is 4.79 Å². The van der Waals surface area contributed by atoms with Gasteiger partial charge >= 0.3 is 0 Å². The molecule has 0 aliphatic carbocycles. The van der Waals surface area contributed by atoms with E-state index in [4.69, 9.17) is 4.42 Å². The van der Waals surface area contributed by atoms with E-state index >= 15 is 0 Å². The molecular weight excluding hydrogens is 314 g/mol. The summed E-state index contributed by atoms with van der Waals surface area (Å²) in [5, 5.41) is 2.91. The van der Waals surface area contributed by atoms with Crippen LogP contribution in [0.15, 0.2) is 65.3 Å². The van der Waals surface area contributed by atoms with Crippen molar-refractivity contribution in [3.8, 4) is 5.69 Å². The molecule has 0 aliphatic heterocycles. The summed E-state index contributed by atoms with van der Waals surface area (Å²) in [7, 11) is 0. The maximum absolute atomic E-state index is 12.4. The summed E-state index contributed by atoms with van der Waals surface area (Å²) in [5.41, 5.74) is 4.11. The monoisotopic (exact) mass is 331 g/mol. The molecule has 0 saturated carbocycles. The van der Waals surface area contributed by atoms with Gasteiger partial charge in [0.25, 0.3) is 5.91 Å². The molecule has 0 saturated heterocycles. The van der Waals surface area contributed by atoms with E-state index in [1.54, 1.807) is 19.3 Å². The Labute approximate surface area is 144 Å². The summed E-state index contributed by atoms with van der Waals surface area (Å²) in [6.07, 6.45) is 1.79. The van der Waals surface area contributed by atoms with Crippen LogP contribution in [0.4, 0.5) is 5.69 Å². The summed E-state index contributed by atoms with van der Waals surface area (Å²) < 4.78 is 7.44. The van der Waals surface area contributed by atoms with Gasteiger partial charge in [0.2, 0.25) is 0 Å². The lowest BCUT2D eigenvalue weighted by molar-refractivity contribution is 0.102. The Morgan fingerprint density at radius 3 is 2.60 bits per heavy atom. The number of hydrogen-bond donors (Lipinski definition) is 1. The van der Waals surface area contributed by atoms with Gasteiger partial charge in [-0.3, -0.25) is 9.36 Å². The Morgan fingerprint density at radius 1 is 1.08 bits per heavy atom. The molecule has 0 radical (unpaired) electrons. The molecule has 0 aliphatic rings. The van der Waals surface area contributed by atoms with Gasteiger partial charge in [0.1, 0.15) is 17.8 Å². The number of aryl methyl sites for hydroxylation is 2. The lowest BCUT2D eigenvalue weighted by atomic mass is 10.2. The van der Waals surface area contributed by atoms with Gasteiger partial charge in [-0.15, -0.1) is 0 Å². The van der Waals surface area contributed by atoms with Crippen molar-refractivity contribution < 1.29 is 9.21 Å². The molecule has 25 heavy (non-hydrogen) atoms. The number of furan rings is 1. The SMILES string of the molecule is Cc1cc(C(=O)Nc2ccc3c(c2)ncn3-c2ccccc2)c(C)o1. The number of carbonyl (C=O) groups excluding carboxylic acids is 1. The van der Waals surface area contributed by atoms with Crippen molar-refractivity contribution in [1.82, 2.24) is 9.55 Å². The van der Waals surface area contributed by atoms with Gasteiger partial charge in [-0.05, 0) is 50.2 Å². The molecule has 4 aromatic rings. The van der Waals surface area contributed by atoms with Crippen LogP contribution in [0.3, 0.4) is 0 Å². The van der Waals surface area contributed by atoms with E-state index in [0.717, 1.165) is 22.5 Å². The van der Waals surface area contributed by atoms with Crippen molar-refractivity contribution in [2.75, 3.05) is 5.32 Å². The number of aromatic nitrogens is 2. The maximum Gasteiger partial charge on any atom is 0.259 e. The third-order valence-electron chi connectivity index (χ3n) is 4.13. The average molecular weight is 331 g/mol. The molecule has 2 heterocycles. The van der Waals surface area contributed by atoms with Crippen LogP contribution in [0.1, 0.15) is 21.9 Å². The third kappa shape index (κ3) is 2.80. The fraction of sp³-hybridized carbons (Fsp3) is 0.100. The normalized spacial score (nSPS) is 11.0. The third-order valence-corrected chi connectivity index (χ3v) is 4.13. The fourth-order valence-electron chi connectivity index (χ4n) is 2.94. The van der Waals surface area contributed by atoms with Crippen molar-refractivity contribution in [3.63, 3.8) is 0 Å². The van der Waals surface area contributed by atoms with Crippen LogP contribution in [-0.4, -0.2) is 15.5 Å². The van der Waals surface area contributed by atoms with Gasteiger partial charge in [-0.25, -0.2) is 4.98 Å². The molecule has 2 aromatic heterocycles. The minimum Gasteiger partial charge on any atom is -0.466 e. The zero-order valence-electron chi connectivity index (χ0n) is 14.0. The van der Waals surface area contributed by atoms with Crippen LogP contribution in [0.25, 0.3) is 16.7 Å². The molecule has 4 rings (SSSR count). The number of benzene rings is 2. The van der Waals surface area contributed by atoms with Crippen molar-refractivity contribution in [2.45, 2.75) is 13.8 Å². The van der Waals surface area contributed by atoms with Crippen LogP contribution >= 0.6 is 0 Å². The predicted molar refractivity (Wildman–Crippen MR) is 97.2 cm³/mol. The Hall–Kier alpha value is -3.34. The van der Waals surface area contributed by atoms with E-state index in [2.05, 4.69) is 10.3 Å². The fourth-order valence-corrected chi connectivity index (χ4v) is 2.94. The molecule has 124 valence electrons. The van der Waals surface area contributed by atoms with Crippen LogP contribution in [0.5, 0.6) is 0 Å². The number of anilines is 1. The number of para-hydroxylation sites is 1. The van der Waals surface area contributed by atoms with Gasteiger partial charge < -0.3 is 9.73 Å². The molecule has 0 atom stereocenters. The average Bonchev–Trinajstić information content (AvgIpc) is 3.18. The summed E-state index contributed by atoms with van der Waals surface area (Å²) in [6.45, 7) is 3.61. The standard InChI is InChI=1S/C20H17N3O2/c1-13-10-17(14(2)25-13)20(24)22-15-8-9-19-18(11-15)21-12-23(19)16-6-4-3-5-7-16/h3-12H,1-2H3,(H,22,24). The highest BCUT2D eigenvalue weighted by atomic mass is 16.3. The minimum absolute atomic E-state index is 0.184. The van der Waals surface area contributed by atoms with E-state index in [0.29, 0.717) is 17.0 Å². The number of nitrogens with zero attached hydrogens (tertiary/aromatic N) is 2. The van der Waals surface area contributed by atoms with Gasteiger partial charge in [0.05, 0.1) is 16.6 Å². The predicted octanol–water partition coefficient (Wildman–Crippen LogP) is 4.49. The highest BCUT2D eigenvalue weighted by Crippen LogP contribution is 2.22. The molecule has 0 bridgehead atoms. The lowest BCUT2D eigenvalue weighted by Crippen LogP contribution is -2.12. The number of hydrogen-bond acceptors (Lipinski definition) is 3. The van der Waals surface area contributed by atoms with Gasteiger partial charge in [-0.2, -0.15) is 0 Å². The number of fused-ring (bicyclic) bond motifs is 1. The second-order valence-corrected chi connectivity index (χ2v) is 5.93. The second-order valence-electron chi connectivity index (χ2n) is 5.93. The molecule has 0 spiro atoms. The first-order chi connectivity index (χ1) is 12.1. The van der Waals surface area contributed by atoms with E-state index < -0.39 is 0 Å². The van der Waals surface area contributed by atoms with Crippen LogP contribution in [-0.2, 0) is 0 Å². The number of imidazole rings is 1. The summed E-state index contributed by atoms with van der Waals surface area (Å²) in [4.78, 5) is 16.9. The Morgan fingerprint density at radius 2 is 1.88 bits per heavy atom. The Balaban J connectivity index is 1.64. The number of rotatable bonds is 3. The number of carbonyl (C=O) groups is 1. The molecule has 2 aromatic carbocycles. The topological polar surface area (TPSA) is 60.1 Å². The molecule has 0 unspecified atom stereocenters. The van der Waals surface area contributed by atoms with Crippen molar-refractivity contribution in [3.05, 3.63) is 78.0 Å².